The third-order valence-electron chi connectivity index (χ3n) is 7.05. The minimum Gasteiger partial charge on any atom is -0.436 e. The van der Waals surface area contributed by atoms with Crippen molar-refractivity contribution in [2.75, 3.05) is 6.54 Å². The van der Waals surface area contributed by atoms with Crippen LogP contribution >= 0.6 is 0 Å². The van der Waals surface area contributed by atoms with Gasteiger partial charge in [0.05, 0.1) is 4.75 Å². The molecule has 1 aliphatic carbocycles. The standard InChI is InChI=1S/C27H44N4O6S/c1-25(2,3)29-24(35)37-20-15-11-9-7-8-10-13-18-17-27(18,23(34)30-38(36)26(4,5)6)28-21(32)19-14-12-16-31(19)22(20)33/h10,13,18-20H,7-9,11-12,14-17H2,1-6H3,(H,28,32)(H,29,35)(H,30,34)/t18-,19+,20+,27-,38+/m1/s1. The zero-order valence-corrected chi connectivity index (χ0v) is 24.4. The predicted molar refractivity (Wildman–Crippen MR) is 145 cm³/mol. The average molecular weight is 553 g/mol. The molecule has 0 aromatic carbocycles. The van der Waals surface area contributed by atoms with E-state index >= 15 is 0 Å². The number of nitrogens with one attached hydrogen (secondary N) is 3. The van der Waals surface area contributed by atoms with E-state index in [1.807, 2.05) is 32.9 Å². The largest absolute Gasteiger partial charge is 0.436 e. The molecule has 10 nitrogen and oxygen atoms in total. The lowest BCUT2D eigenvalue weighted by molar-refractivity contribution is -0.146. The predicted octanol–water partition coefficient (Wildman–Crippen LogP) is 2.84. The van der Waals surface area contributed by atoms with E-state index < -0.39 is 56.9 Å². The number of allylic oxidation sites excluding steroid dienone is 1. The number of hydrogen-bond donors (Lipinski definition) is 3. The summed E-state index contributed by atoms with van der Waals surface area (Å²) in [4.78, 5) is 54.4. The minimum absolute atomic E-state index is 0.212. The van der Waals surface area contributed by atoms with Gasteiger partial charge >= 0.3 is 6.09 Å². The van der Waals surface area contributed by atoms with E-state index in [1.165, 1.54) is 4.90 Å². The zero-order chi connectivity index (χ0) is 28.3. The molecule has 2 heterocycles. The number of ether oxygens (including phenoxy) is 1. The average Bonchev–Trinajstić information content (AvgIpc) is 3.25. The van der Waals surface area contributed by atoms with Crippen molar-refractivity contribution in [3.05, 3.63) is 12.2 Å². The Kier molecular flexibility index (Phi) is 9.32. The fourth-order valence-corrected chi connectivity index (χ4v) is 5.48. The van der Waals surface area contributed by atoms with Gasteiger partial charge < -0.3 is 20.3 Å². The molecule has 0 spiro atoms. The van der Waals surface area contributed by atoms with Gasteiger partial charge in [0.2, 0.25) is 5.91 Å². The number of hydrogen-bond acceptors (Lipinski definition) is 6. The van der Waals surface area contributed by atoms with Crippen molar-refractivity contribution in [3.8, 4) is 0 Å². The van der Waals surface area contributed by atoms with Gasteiger partial charge in [0.15, 0.2) is 6.10 Å². The van der Waals surface area contributed by atoms with E-state index in [-0.39, 0.29) is 11.8 Å². The third kappa shape index (κ3) is 7.57. The van der Waals surface area contributed by atoms with Gasteiger partial charge in [-0.1, -0.05) is 18.6 Å². The summed E-state index contributed by atoms with van der Waals surface area (Å²) >= 11 is 0. The highest BCUT2D eigenvalue weighted by molar-refractivity contribution is 7.85. The maximum atomic E-state index is 13.6. The first kappa shape index (κ1) is 30.1. The lowest BCUT2D eigenvalue weighted by Crippen LogP contribution is -2.57. The van der Waals surface area contributed by atoms with Crippen LogP contribution < -0.4 is 15.4 Å². The Labute approximate surface area is 228 Å². The molecule has 5 atom stereocenters. The lowest BCUT2D eigenvalue weighted by atomic mass is 10.1. The van der Waals surface area contributed by atoms with Crippen molar-refractivity contribution in [3.63, 3.8) is 0 Å². The monoisotopic (exact) mass is 552 g/mol. The summed E-state index contributed by atoms with van der Waals surface area (Å²) in [6, 6.07) is -0.771. The summed E-state index contributed by atoms with van der Waals surface area (Å²) in [5.74, 6) is -1.50. The number of amides is 4. The summed E-state index contributed by atoms with van der Waals surface area (Å²) in [5.41, 5.74) is -1.72. The van der Waals surface area contributed by atoms with E-state index in [9.17, 15) is 23.4 Å². The van der Waals surface area contributed by atoms with E-state index in [2.05, 4.69) is 15.4 Å². The second-order valence-corrected chi connectivity index (χ2v) is 14.6. The molecule has 3 aliphatic rings. The molecular weight excluding hydrogens is 508 g/mol. The molecule has 0 radical (unpaired) electrons. The quantitative estimate of drug-likeness (QED) is 0.461. The first-order valence-corrected chi connectivity index (χ1v) is 14.8. The molecule has 0 bridgehead atoms. The Bertz CT molecular complexity index is 985. The molecule has 1 saturated heterocycles. The van der Waals surface area contributed by atoms with Crippen LogP contribution in [0.5, 0.6) is 0 Å². The summed E-state index contributed by atoms with van der Waals surface area (Å²) < 4.78 is 20.2. The number of nitrogens with zero attached hydrogens (tertiary/aromatic N) is 1. The molecule has 214 valence electrons. The molecule has 4 amide bonds. The van der Waals surface area contributed by atoms with E-state index in [1.54, 1.807) is 20.8 Å². The minimum atomic E-state index is -1.63. The van der Waals surface area contributed by atoms with E-state index in [0.717, 1.165) is 19.3 Å². The Morgan fingerprint density at radius 3 is 2.45 bits per heavy atom. The SMILES string of the molecule is CC(C)(C)NC(=O)O[C@H]1CCCCCC=C[C@@H]2C[C@@]2(C(=O)N[S@@](=O)C(C)(C)C)NC(=O)[C@@H]2CCCN2C1=O. The van der Waals surface area contributed by atoms with Crippen LogP contribution in [0.15, 0.2) is 12.2 Å². The van der Waals surface area contributed by atoms with Gasteiger partial charge in [0.1, 0.15) is 22.6 Å². The second kappa shape index (κ2) is 11.8. The molecule has 0 aromatic heterocycles. The van der Waals surface area contributed by atoms with E-state index in [4.69, 9.17) is 4.74 Å². The molecule has 3 N–H and O–H groups in total. The van der Waals surface area contributed by atoms with Crippen molar-refractivity contribution in [2.24, 2.45) is 5.92 Å². The molecule has 38 heavy (non-hydrogen) atoms. The van der Waals surface area contributed by atoms with Gasteiger partial charge in [-0.3, -0.25) is 19.1 Å². The molecule has 2 aliphatic heterocycles. The van der Waals surface area contributed by atoms with Crippen molar-refractivity contribution < 1.29 is 28.1 Å². The maximum absolute atomic E-state index is 13.6. The summed E-state index contributed by atoms with van der Waals surface area (Å²) in [6.07, 6.45) is 7.38. The smallest absolute Gasteiger partial charge is 0.408 e. The van der Waals surface area contributed by atoms with Crippen LogP contribution in [0.4, 0.5) is 4.79 Å². The van der Waals surface area contributed by atoms with Crippen LogP contribution in [-0.4, -0.2) is 67.4 Å². The van der Waals surface area contributed by atoms with Crippen molar-refractivity contribution >= 4 is 34.8 Å². The van der Waals surface area contributed by atoms with Crippen LogP contribution in [-0.2, 0) is 30.1 Å². The summed E-state index contributed by atoms with van der Waals surface area (Å²) in [5, 5.41) is 5.65. The highest BCUT2D eigenvalue weighted by Crippen LogP contribution is 2.45. The van der Waals surface area contributed by atoms with Crippen LogP contribution in [0.2, 0.25) is 0 Å². The normalized spacial score (nSPS) is 29.6. The molecular formula is C27H44N4O6S. The molecule has 0 aromatic rings. The maximum Gasteiger partial charge on any atom is 0.408 e. The van der Waals surface area contributed by atoms with Crippen LogP contribution in [0.25, 0.3) is 0 Å². The number of carbonyl (C=O) groups excluding carboxylic acids is 4. The lowest BCUT2D eigenvalue weighted by Gasteiger charge is -2.30. The number of alkyl carbamates (subject to hydrolysis) is 1. The second-order valence-electron chi connectivity index (χ2n) is 12.6. The first-order chi connectivity index (χ1) is 17.6. The molecule has 0 unspecified atom stereocenters. The van der Waals surface area contributed by atoms with Gasteiger partial charge in [0.25, 0.3) is 11.8 Å². The van der Waals surface area contributed by atoms with Gasteiger partial charge in [-0.15, -0.1) is 0 Å². The molecule has 2 fully saturated rings. The van der Waals surface area contributed by atoms with Crippen molar-refractivity contribution in [2.45, 2.75) is 121 Å². The van der Waals surface area contributed by atoms with Gasteiger partial charge in [-0.25, -0.2) is 9.00 Å². The topological polar surface area (TPSA) is 134 Å². The van der Waals surface area contributed by atoms with Crippen LogP contribution in [0.3, 0.4) is 0 Å². The van der Waals surface area contributed by atoms with Gasteiger partial charge in [-0.2, -0.15) is 0 Å². The first-order valence-electron chi connectivity index (χ1n) is 13.6. The Hall–Kier alpha value is -2.43. The van der Waals surface area contributed by atoms with Gasteiger partial charge in [0, 0.05) is 18.0 Å². The van der Waals surface area contributed by atoms with Crippen molar-refractivity contribution in [1.82, 2.24) is 20.3 Å². The van der Waals surface area contributed by atoms with Crippen LogP contribution in [0.1, 0.15) is 92.9 Å². The number of fused-ring (bicyclic) bond motifs is 2. The Morgan fingerprint density at radius 1 is 1.08 bits per heavy atom. The highest BCUT2D eigenvalue weighted by atomic mass is 32.2. The molecule has 11 heteroatoms. The molecule has 1 saturated carbocycles. The Balaban J connectivity index is 1.83. The third-order valence-corrected chi connectivity index (χ3v) is 8.54. The molecule has 3 rings (SSSR count). The number of carbonyl (C=O) groups is 4. The highest BCUT2D eigenvalue weighted by Gasteiger charge is 2.61. The fourth-order valence-electron chi connectivity index (χ4n) is 4.83. The van der Waals surface area contributed by atoms with Gasteiger partial charge in [-0.05, 0) is 86.5 Å². The Morgan fingerprint density at radius 2 is 1.79 bits per heavy atom. The fraction of sp³-hybridized carbons (Fsp3) is 0.778. The zero-order valence-electron chi connectivity index (χ0n) is 23.6. The van der Waals surface area contributed by atoms with E-state index in [0.29, 0.717) is 38.6 Å². The van der Waals surface area contributed by atoms with Crippen molar-refractivity contribution in [1.29, 1.82) is 0 Å². The summed E-state index contributed by atoms with van der Waals surface area (Å²) in [6.45, 7) is 11.2. The number of rotatable bonds is 3. The van der Waals surface area contributed by atoms with Crippen LogP contribution in [0, 0.1) is 5.92 Å². The summed E-state index contributed by atoms with van der Waals surface area (Å²) in [7, 11) is -1.63.